The Bertz CT molecular complexity index is 571. The zero-order valence-electron chi connectivity index (χ0n) is 13.0. The van der Waals surface area contributed by atoms with E-state index >= 15 is 0 Å². The molecular formula is C16H20O7. The molecule has 0 unspecified atom stereocenters. The number of carboxylic acids is 1. The summed E-state index contributed by atoms with van der Waals surface area (Å²) in [5.74, 6) is -1.29. The van der Waals surface area contributed by atoms with Crippen LogP contribution >= 0.6 is 0 Å². The molecule has 1 rings (SSSR count). The van der Waals surface area contributed by atoms with Gasteiger partial charge in [0.1, 0.15) is 11.5 Å². The minimum Gasteiger partial charge on any atom is -0.481 e. The molecule has 0 saturated heterocycles. The Morgan fingerprint density at radius 3 is 2.43 bits per heavy atom. The molecule has 0 radical (unpaired) electrons. The van der Waals surface area contributed by atoms with Crippen molar-refractivity contribution in [2.45, 2.75) is 45.4 Å². The zero-order chi connectivity index (χ0) is 17.2. The van der Waals surface area contributed by atoms with E-state index in [9.17, 15) is 19.2 Å². The lowest BCUT2D eigenvalue weighted by molar-refractivity contribution is -0.143. The Morgan fingerprint density at radius 1 is 1.04 bits per heavy atom. The molecule has 0 spiro atoms. The molecule has 23 heavy (non-hydrogen) atoms. The van der Waals surface area contributed by atoms with E-state index in [2.05, 4.69) is 0 Å². The summed E-state index contributed by atoms with van der Waals surface area (Å²) in [6.45, 7) is 1.96. The molecule has 0 aliphatic rings. The van der Waals surface area contributed by atoms with Crippen molar-refractivity contribution in [1.82, 2.24) is 0 Å². The SMILES string of the molecule is CCOC(=O)CCC(=O)c1ccc(CCC(=O)CCC(=O)O)o1. The number of carbonyl (C=O) groups is 4. The second-order valence-corrected chi connectivity index (χ2v) is 4.93. The maximum absolute atomic E-state index is 11.8. The maximum Gasteiger partial charge on any atom is 0.306 e. The molecule has 7 heteroatoms. The van der Waals surface area contributed by atoms with Crippen LogP contribution in [0.25, 0.3) is 0 Å². The number of carboxylic acid groups (broad SMARTS) is 1. The van der Waals surface area contributed by atoms with Gasteiger partial charge in [0.25, 0.3) is 0 Å². The molecule has 0 atom stereocenters. The Labute approximate surface area is 133 Å². The average molecular weight is 324 g/mol. The largest absolute Gasteiger partial charge is 0.481 e. The highest BCUT2D eigenvalue weighted by atomic mass is 16.5. The molecule has 7 nitrogen and oxygen atoms in total. The number of hydrogen-bond acceptors (Lipinski definition) is 6. The summed E-state index contributed by atoms with van der Waals surface area (Å²) in [6.07, 6.45) is 0.274. The molecule has 0 amide bonds. The van der Waals surface area contributed by atoms with Gasteiger partial charge in [0, 0.05) is 25.7 Å². The number of ketones is 2. The Hall–Kier alpha value is -2.44. The normalized spacial score (nSPS) is 10.3. The van der Waals surface area contributed by atoms with Crippen molar-refractivity contribution in [2.75, 3.05) is 6.61 Å². The van der Waals surface area contributed by atoms with Crippen molar-refractivity contribution in [3.8, 4) is 0 Å². The van der Waals surface area contributed by atoms with Gasteiger partial charge in [-0.1, -0.05) is 0 Å². The van der Waals surface area contributed by atoms with Gasteiger partial charge in [0.05, 0.1) is 19.4 Å². The van der Waals surface area contributed by atoms with Crippen LogP contribution in [-0.4, -0.2) is 35.2 Å². The van der Waals surface area contributed by atoms with Gasteiger partial charge >= 0.3 is 11.9 Å². The first-order valence-corrected chi connectivity index (χ1v) is 7.43. The summed E-state index contributed by atoms with van der Waals surface area (Å²) in [5.41, 5.74) is 0. The van der Waals surface area contributed by atoms with Crippen molar-refractivity contribution < 1.29 is 33.4 Å². The summed E-state index contributed by atoms with van der Waals surface area (Å²) >= 11 is 0. The van der Waals surface area contributed by atoms with Crippen LogP contribution in [0.2, 0.25) is 0 Å². The van der Waals surface area contributed by atoms with Crippen molar-refractivity contribution in [3.05, 3.63) is 23.7 Å². The van der Waals surface area contributed by atoms with Gasteiger partial charge in [-0.25, -0.2) is 0 Å². The number of aryl methyl sites for hydroxylation is 1. The lowest BCUT2D eigenvalue weighted by Crippen LogP contribution is -2.07. The van der Waals surface area contributed by atoms with Gasteiger partial charge in [-0.15, -0.1) is 0 Å². The second kappa shape index (κ2) is 9.55. The van der Waals surface area contributed by atoms with Crippen LogP contribution in [0.5, 0.6) is 0 Å². The van der Waals surface area contributed by atoms with Gasteiger partial charge < -0.3 is 14.3 Å². The fourth-order valence-corrected chi connectivity index (χ4v) is 1.87. The molecule has 1 N–H and O–H groups in total. The van der Waals surface area contributed by atoms with Crippen molar-refractivity contribution >= 4 is 23.5 Å². The van der Waals surface area contributed by atoms with Crippen LogP contribution in [0.15, 0.2) is 16.5 Å². The summed E-state index contributed by atoms with van der Waals surface area (Å²) < 4.78 is 10.1. The number of carbonyl (C=O) groups excluding carboxylic acids is 3. The third-order valence-corrected chi connectivity index (χ3v) is 3.07. The summed E-state index contributed by atoms with van der Waals surface area (Å²) in [4.78, 5) is 44.9. The highest BCUT2D eigenvalue weighted by molar-refractivity contribution is 5.95. The van der Waals surface area contributed by atoms with Crippen LogP contribution in [0.1, 0.15) is 55.3 Å². The molecule has 0 fully saturated rings. The Kier molecular flexibility index (Phi) is 7.73. The second-order valence-electron chi connectivity index (χ2n) is 4.93. The van der Waals surface area contributed by atoms with Gasteiger partial charge in [0.15, 0.2) is 11.5 Å². The standard InChI is InChI=1S/C16H20O7/c1-2-22-16(21)10-7-13(18)14-8-6-12(23-14)5-3-11(17)4-9-15(19)20/h6,8H,2-5,7,9-10H2,1H3,(H,19,20). The Morgan fingerprint density at radius 2 is 1.78 bits per heavy atom. The van der Waals surface area contributed by atoms with Crippen LogP contribution in [-0.2, 0) is 25.5 Å². The van der Waals surface area contributed by atoms with Crippen LogP contribution in [0, 0.1) is 0 Å². The number of Topliss-reactive ketones (excluding diaryl/α,β-unsaturated/α-hetero) is 2. The highest BCUT2D eigenvalue weighted by Crippen LogP contribution is 2.14. The molecule has 0 bridgehead atoms. The number of ether oxygens (including phenoxy) is 1. The smallest absolute Gasteiger partial charge is 0.306 e. The summed E-state index contributed by atoms with van der Waals surface area (Å²) in [5, 5.41) is 8.49. The lowest BCUT2D eigenvalue weighted by atomic mass is 10.1. The average Bonchev–Trinajstić information content (AvgIpc) is 2.98. The van der Waals surface area contributed by atoms with Gasteiger partial charge in [0.2, 0.25) is 0 Å². The van der Waals surface area contributed by atoms with Crippen molar-refractivity contribution in [1.29, 1.82) is 0 Å². The number of esters is 1. The highest BCUT2D eigenvalue weighted by Gasteiger charge is 2.14. The fourth-order valence-electron chi connectivity index (χ4n) is 1.87. The molecule has 0 aliphatic heterocycles. The predicted molar refractivity (Wildman–Crippen MR) is 79.1 cm³/mol. The van der Waals surface area contributed by atoms with Crippen molar-refractivity contribution in [3.63, 3.8) is 0 Å². The van der Waals surface area contributed by atoms with E-state index in [1.165, 1.54) is 6.07 Å². The van der Waals surface area contributed by atoms with E-state index < -0.39 is 11.9 Å². The fraction of sp³-hybridized carbons (Fsp3) is 0.500. The van der Waals surface area contributed by atoms with Crippen molar-refractivity contribution in [2.24, 2.45) is 0 Å². The van der Waals surface area contributed by atoms with Crippen LogP contribution in [0.3, 0.4) is 0 Å². The number of aliphatic carboxylic acids is 1. The first-order chi connectivity index (χ1) is 10.9. The van der Waals surface area contributed by atoms with E-state index in [4.69, 9.17) is 14.3 Å². The third kappa shape index (κ3) is 7.39. The topological polar surface area (TPSA) is 111 Å². The molecule has 0 aromatic carbocycles. The van der Waals surface area contributed by atoms with Crippen LogP contribution in [0.4, 0.5) is 0 Å². The van der Waals surface area contributed by atoms with Gasteiger partial charge in [-0.3, -0.25) is 19.2 Å². The Balaban J connectivity index is 2.39. The minimum atomic E-state index is -1.01. The van der Waals surface area contributed by atoms with Gasteiger partial charge in [-0.05, 0) is 19.1 Å². The quantitative estimate of drug-likeness (QED) is 0.490. The molecule has 1 aromatic rings. The van der Waals surface area contributed by atoms with E-state index in [-0.39, 0.29) is 56.0 Å². The third-order valence-electron chi connectivity index (χ3n) is 3.07. The maximum atomic E-state index is 11.8. The first-order valence-electron chi connectivity index (χ1n) is 7.43. The van der Waals surface area contributed by atoms with E-state index in [0.717, 1.165) is 0 Å². The molecule has 0 saturated carbocycles. The first kappa shape index (κ1) is 18.6. The van der Waals surface area contributed by atoms with E-state index in [1.54, 1.807) is 13.0 Å². The summed E-state index contributed by atoms with van der Waals surface area (Å²) in [6, 6.07) is 3.10. The molecular weight excluding hydrogens is 304 g/mol. The molecule has 1 aromatic heterocycles. The minimum absolute atomic E-state index is 0.00330. The zero-order valence-corrected chi connectivity index (χ0v) is 13.0. The predicted octanol–water partition coefficient (Wildman–Crippen LogP) is 2.17. The van der Waals surface area contributed by atoms with E-state index in [0.29, 0.717) is 12.2 Å². The summed E-state index contributed by atoms with van der Waals surface area (Å²) in [7, 11) is 0. The van der Waals surface area contributed by atoms with Crippen LogP contribution < -0.4 is 0 Å². The molecule has 1 heterocycles. The molecule has 126 valence electrons. The number of furan rings is 1. The van der Waals surface area contributed by atoms with E-state index in [1.807, 2.05) is 0 Å². The monoisotopic (exact) mass is 324 g/mol. The lowest BCUT2D eigenvalue weighted by Gasteiger charge is -2.00. The number of rotatable bonds is 11. The molecule has 0 aliphatic carbocycles. The van der Waals surface area contributed by atoms with Gasteiger partial charge in [-0.2, -0.15) is 0 Å². The number of hydrogen-bond donors (Lipinski definition) is 1.